The molecule has 0 saturated heterocycles. The van der Waals surface area contributed by atoms with Crippen LogP contribution >= 0.6 is 0 Å². The summed E-state index contributed by atoms with van der Waals surface area (Å²) in [6.45, 7) is 5.96. The minimum absolute atomic E-state index is 0.0265. The van der Waals surface area contributed by atoms with E-state index in [4.69, 9.17) is 15.1 Å². The number of hydrogen-bond acceptors (Lipinski definition) is 4. The third-order valence-corrected chi connectivity index (χ3v) is 3.15. The second-order valence-electron chi connectivity index (χ2n) is 5.92. The number of carbonyl (C=O) groups is 1. The number of nitrogens with zero attached hydrogens (tertiary/aromatic N) is 1. The molecule has 114 valence electrons. The van der Waals surface area contributed by atoms with Gasteiger partial charge in [-0.15, -0.1) is 0 Å². The van der Waals surface area contributed by atoms with Gasteiger partial charge in [-0.3, -0.25) is 4.79 Å². The standard InChI is InChI=1S/C16H22N2O3/c1-16(2,3)14(8-9-19)18-15(20)11-21-13-6-4-12(10-17)5-7-13/h4-7,14,19H,8-9,11H2,1-3H3,(H,18,20). The normalized spacial score (nSPS) is 12.3. The van der Waals surface area contributed by atoms with Crippen molar-refractivity contribution in [3.05, 3.63) is 29.8 Å². The summed E-state index contributed by atoms with van der Waals surface area (Å²) in [5.74, 6) is 0.311. The van der Waals surface area contributed by atoms with Gasteiger partial charge in [-0.1, -0.05) is 20.8 Å². The Kier molecular flexibility index (Phi) is 6.19. The number of rotatable bonds is 6. The minimum atomic E-state index is -0.229. The smallest absolute Gasteiger partial charge is 0.258 e. The Hall–Kier alpha value is -2.06. The van der Waals surface area contributed by atoms with Crippen LogP contribution in [0, 0.1) is 16.7 Å². The van der Waals surface area contributed by atoms with E-state index < -0.39 is 0 Å². The Morgan fingerprint density at radius 2 is 2.00 bits per heavy atom. The molecule has 1 unspecified atom stereocenters. The molecule has 1 aromatic carbocycles. The lowest BCUT2D eigenvalue weighted by Crippen LogP contribution is -2.46. The summed E-state index contributed by atoms with van der Waals surface area (Å²) < 4.78 is 5.38. The van der Waals surface area contributed by atoms with Crippen LogP contribution in [-0.2, 0) is 4.79 Å². The van der Waals surface area contributed by atoms with Gasteiger partial charge >= 0.3 is 0 Å². The fourth-order valence-electron chi connectivity index (χ4n) is 1.86. The summed E-state index contributed by atoms with van der Waals surface area (Å²) in [5.41, 5.74) is 0.412. The van der Waals surface area contributed by atoms with E-state index in [-0.39, 0.29) is 30.6 Å². The number of amides is 1. The first kappa shape index (κ1) is 17.0. The lowest BCUT2D eigenvalue weighted by atomic mass is 9.85. The Bertz CT molecular complexity index is 498. The van der Waals surface area contributed by atoms with Crippen LogP contribution in [0.2, 0.25) is 0 Å². The first-order valence-electron chi connectivity index (χ1n) is 6.90. The summed E-state index contributed by atoms with van der Waals surface area (Å²) in [5, 5.41) is 20.6. The SMILES string of the molecule is CC(C)(C)C(CCO)NC(=O)COc1ccc(C#N)cc1. The molecule has 2 N–H and O–H groups in total. The molecule has 0 heterocycles. The van der Waals surface area contributed by atoms with Gasteiger partial charge in [-0.2, -0.15) is 5.26 Å². The highest BCUT2D eigenvalue weighted by atomic mass is 16.5. The molecule has 1 aromatic rings. The van der Waals surface area contributed by atoms with Gasteiger partial charge in [0.2, 0.25) is 0 Å². The van der Waals surface area contributed by atoms with Crippen molar-refractivity contribution in [2.24, 2.45) is 5.41 Å². The number of aliphatic hydroxyl groups is 1. The van der Waals surface area contributed by atoms with Crippen LogP contribution in [0.1, 0.15) is 32.8 Å². The molecule has 0 bridgehead atoms. The average molecular weight is 290 g/mol. The molecule has 0 saturated carbocycles. The van der Waals surface area contributed by atoms with Crippen molar-refractivity contribution in [1.82, 2.24) is 5.32 Å². The first-order chi connectivity index (χ1) is 9.86. The van der Waals surface area contributed by atoms with Crippen LogP contribution in [-0.4, -0.2) is 30.3 Å². The summed E-state index contributed by atoms with van der Waals surface area (Å²) in [6, 6.07) is 8.48. The predicted molar refractivity (Wildman–Crippen MR) is 79.7 cm³/mol. The highest BCUT2D eigenvalue weighted by Gasteiger charge is 2.25. The van der Waals surface area contributed by atoms with Crippen molar-refractivity contribution in [2.45, 2.75) is 33.2 Å². The highest BCUT2D eigenvalue weighted by molar-refractivity contribution is 5.77. The third kappa shape index (κ3) is 5.84. The van der Waals surface area contributed by atoms with Gasteiger partial charge in [0.05, 0.1) is 11.6 Å². The summed E-state index contributed by atoms with van der Waals surface area (Å²) in [7, 11) is 0. The Balaban J connectivity index is 2.50. The van der Waals surface area contributed by atoms with E-state index >= 15 is 0 Å². The highest BCUT2D eigenvalue weighted by Crippen LogP contribution is 2.21. The minimum Gasteiger partial charge on any atom is -0.484 e. The second-order valence-corrected chi connectivity index (χ2v) is 5.92. The van der Waals surface area contributed by atoms with E-state index in [1.54, 1.807) is 24.3 Å². The van der Waals surface area contributed by atoms with Gasteiger partial charge in [0.1, 0.15) is 5.75 Å². The summed E-state index contributed by atoms with van der Waals surface area (Å²) in [6.07, 6.45) is 0.506. The lowest BCUT2D eigenvalue weighted by molar-refractivity contribution is -0.124. The number of nitriles is 1. The van der Waals surface area contributed by atoms with Crippen molar-refractivity contribution >= 4 is 5.91 Å². The summed E-state index contributed by atoms with van der Waals surface area (Å²) in [4.78, 5) is 11.9. The zero-order chi connectivity index (χ0) is 15.9. The second kappa shape index (κ2) is 7.65. The van der Waals surface area contributed by atoms with Crippen molar-refractivity contribution < 1.29 is 14.6 Å². The largest absolute Gasteiger partial charge is 0.484 e. The van der Waals surface area contributed by atoms with Crippen LogP contribution in [0.15, 0.2) is 24.3 Å². The Labute approximate surface area is 125 Å². The molecule has 0 aliphatic rings. The van der Waals surface area contributed by atoms with Crippen molar-refractivity contribution in [1.29, 1.82) is 5.26 Å². The molecule has 0 aliphatic heterocycles. The zero-order valence-electron chi connectivity index (χ0n) is 12.7. The van der Waals surface area contributed by atoms with Gasteiger partial charge in [0, 0.05) is 12.6 Å². The molecule has 1 atom stereocenters. The van der Waals surface area contributed by atoms with Crippen molar-refractivity contribution in [3.8, 4) is 11.8 Å². The van der Waals surface area contributed by atoms with Gasteiger partial charge in [-0.05, 0) is 36.1 Å². The quantitative estimate of drug-likeness (QED) is 0.837. The first-order valence-corrected chi connectivity index (χ1v) is 6.90. The van der Waals surface area contributed by atoms with E-state index in [1.165, 1.54) is 0 Å². The molecule has 0 radical (unpaired) electrons. The van der Waals surface area contributed by atoms with Gasteiger partial charge in [0.15, 0.2) is 6.61 Å². The number of aliphatic hydroxyl groups excluding tert-OH is 1. The monoisotopic (exact) mass is 290 g/mol. The maximum Gasteiger partial charge on any atom is 0.258 e. The number of hydrogen-bond donors (Lipinski definition) is 2. The van der Waals surface area contributed by atoms with Gasteiger partial charge < -0.3 is 15.2 Å². The maximum atomic E-state index is 11.9. The van der Waals surface area contributed by atoms with Gasteiger partial charge in [0.25, 0.3) is 5.91 Å². The topological polar surface area (TPSA) is 82.3 Å². The van der Waals surface area contributed by atoms with E-state index in [0.29, 0.717) is 17.7 Å². The van der Waals surface area contributed by atoms with E-state index in [1.807, 2.05) is 26.8 Å². The molecule has 0 aliphatic carbocycles. The molecular formula is C16H22N2O3. The predicted octanol–water partition coefficient (Wildman–Crippen LogP) is 1.85. The lowest BCUT2D eigenvalue weighted by Gasteiger charge is -2.31. The molecule has 5 heteroatoms. The molecule has 0 fully saturated rings. The third-order valence-electron chi connectivity index (χ3n) is 3.15. The zero-order valence-corrected chi connectivity index (χ0v) is 12.7. The number of benzene rings is 1. The van der Waals surface area contributed by atoms with Crippen molar-refractivity contribution in [3.63, 3.8) is 0 Å². The van der Waals surface area contributed by atoms with Crippen LogP contribution in [0.25, 0.3) is 0 Å². The summed E-state index contributed by atoms with van der Waals surface area (Å²) >= 11 is 0. The van der Waals surface area contributed by atoms with Crippen LogP contribution in [0.4, 0.5) is 0 Å². The fraction of sp³-hybridized carbons (Fsp3) is 0.500. The van der Waals surface area contributed by atoms with E-state index in [9.17, 15) is 4.79 Å². The molecule has 1 amide bonds. The molecule has 21 heavy (non-hydrogen) atoms. The molecule has 0 aromatic heterocycles. The number of ether oxygens (including phenoxy) is 1. The van der Waals surface area contributed by atoms with Crippen LogP contribution < -0.4 is 10.1 Å². The van der Waals surface area contributed by atoms with Gasteiger partial charge in [-0.25, -0.2) is 0 Å². The Morgan fingerprint density at radius 1 is 1.38 bits per heavy atom. The average Bonchev–Trinajstić information content (AvgIpc) is 2.44. The van der Waals surface area contributed by atoms with Crippen LogP contribution in [0.3, 0.4) is 0 Å². The fourth-order valence-corrected chi connectivity index (χ4v) is 1.86. The Morgan fingerprint density at radius 3 is 2.48 bits per heavy atom. The van der Waals surface area contributed by atoms with Crippen molar-refractivity contribution in [2.75, 3.05) is 13.2 Å². The maximum absolute atomic E-state index is 11.9. The van der Waals surface area contributed by atoms with E-state index in [0.717, 1.165) is 0 Å². The molecular weight excluding hydrogens is 268 g/mol. The van der Waals surface area contributed by atoms with E-state index in [2.05, 4.69) is 5.32 Å². The van der Waals surface area contributed by atoms with Crippen LogP contribution in [0.5, 0.6) is 5.75 Å². The number of nitrogens with one attached hydrogen (secondary N) is 1. The number of carbonyl (C=O) groups excluding carboxylic acids is 1. The molecule has 0 spiro atoms. The molecule has 1 rings (SSSR count). The molecule has 5 nitrogen and oxygen atoms in total.